The summed E-state index contributed by atoms with van der Waals surface area (Å²) in [6.45, 7) is 3.42. The van der Waals surface area contributed by atoms with E-state index in [1.807, 2.05) is 30.3 Å². The van der Waals surface area contributed by atoms with Crippen LogP contribution in [0.5, 0.6) is 0 Å². The zero-order valence-corrected chi connectivity index (χ0v) is 7.92. The Hall–Kier alpha value is -1.17. The minimum Gasteiger partial charge on any atom is -0.377 e. The van der Waals surface area contributed by atoms with E-state index in [9.17, 15) is 0 Å². The number of hydrogen-bond donors (Lipinski definition) is 1. The first-order chi connectivity index (χ1) is 6.33. The predicted octanol–water partition coefficient (Wildman–Crippen LogP) is 2.29. The maximum atomic E-state index is 9.03. The molecule has 0 radical (unpaired) electrons. The Bertz CT molecular complexity index is 321. The van der Waals surface area contributed by atoms with E-state index >= 15 is 0 Å². The summed E-state index contributed by atoms with van der Waals surface area (Å²) in [4.78, 5) is 1.08. The lowest BCUT2D eigenvalue weighted by atomic mass is 10.4. The lowest BCUT2D eigenvalue weighted by Gasteiger charge is -1.92. The van der Waals surface area contributed by atoms with E-state index in [1.165, 1.54) is 17.8 Å². The van der Waals surface area contributed by atoms with E-state index in [2.05, 4.69) is 17.8 Å². The summed E-state index contributed by atoms with van der Waals surface area (Å²) in [6, 6.07) is 9.80. The summed E-state index contributed by atoms with van der Waals surface area (Å²) < 4.78 is 0. The number of rotatable bonds is 2. The lowest BCUT2D eigenvalue weighted by molar-refractivity contribution is 0.281. The van der Waals surface area contributed by atoms with Gasteiger partial charge in [-0.05, 0) is 29.1 Å². The standard InChI is InChI=1S/C11H10OS/c1-2-10(12)8-9-13-11-6-4-3-5-7-11/h2-7,10,12H,1H2/t10-/m1/s1. The van der Waals surface area contributed by atoms with Crippen molar-refractivity contribution in [2.75, 3.05) is 0 Å². The Morgan fingerprint density at radius 3 is 2.69 bits per heavy atom. The van der Waals surface area contributed by atoms with Gasteiger partial charge in [0.15, 0.2) is 0 Å². The van der Waals surface area contributed by atoms with E-state index in [-0.39, 0.29) is 0 Å². The summed E-state index contributed by atoms with van der Waals surface area (Å²) >= 11 is 1.40. The summed E-state index contributed by atoms with van der Waals surface area (Å²) in [6.07, 6.45) is 0.676. The third-order valence-electron chi connectivity index (χ3n) is 1.34. The number of aliphatic hydroxyl groups excluding tert-OH is 1. The van der Waals surface area contributed by atoms with Crippen LogP contribution in [0, 0.1) is 11.2 Å². The van der Waals surface area contributed by atoms with Crippen LogP contribution in [-0.4, -0.2) is 11.2 Å². The molecule has 0 aromatic heterocycles. The fraction of sp³-hybridized carbons (Fsp3) is 0.0909. The molecule has 1 rings (SSSR count). The second-order valence-corrected chi connectivity index (χ2v) is 3.22. The molecule has 0 aliphatic carbocycles. The van der Waals surface area contributed by atoms with Gasteiger partial charge in [-0.25, -0.2) is 0 Å². The number of benzene rings is 1. The molecule has 0 unspecified atom stereocenters. The van der Waals surface area contributed by atoms with Crippen molar-refractivity contribution < 1.29 is 5.11 Å². The molecule has 0 saturated carbocycles. The van der Waals surface area contributed by atoms with Crippen LogP contribution < -0.4 is 0 Å². The smallest absolute Gasteiger partial charge is 0.134 e. The lowest BCUT2D eigenvalue weighted by Crippen LogP contribution is -1.94. The highest BCUT2D eigenvalue weighted by Gasteiger charge is 1.88. The molecule has 0 bridgehead atoms. The number of thioether (sulfide) groups is 1. The zero-order chi connectivity index (χ0) is 9.52. The van der Waals surface area contributed by atoms with E-state index < -0.39 is 6.10 Å². The zero-order valence-electron chi connectivity index (χ0n) is 7.10. The van der Waals surface area contributed by atoms with Gasteiger partial charge < -0.3 is 5.11 Å². The molecule has 2 heteroatoms. The third kappa shape index (κ3) is 3.84. The van der Waals surface area contributed by atoms with E-state index in [1.54, 1.807) is 0 Å². The molecule has 1 N–H and O–H groups in total. The maximum Gasteiger partial charge on any atom is 0.134 e. The van der Waals surface area contributed by atoms with Crippen LogP contribution in [0.3, 0.4) is 0 Å². The van der Waals surface area contributed by atoms with Crippen molar-refractivity contribution in [3.8, 4) is 11.2 Å². The van der Waals surface area contributed by atoms with Gasteiger partial charge in [-0.2, -0.15) is 0 Å². The Morgan fingerprint density at radius 1 is 1.38 bits per heavy atom. The SMILES string of the molecule is C=C[C@@H](O)C#CSc1ccccc1. The average molecular weight is 190 g/mol. The number of aliphatic hydroxyl groups is 1. The van der Waals surface area contributed by atoms with Crippen molar-refractivity contribution in [1.82, 2.24) is 0 Å². The molecular weight excluding hydrogens is 180 g/mol. The third-order valence-corrected chi connectivity index (χ3v) is 2.07. The predicted molar refractivity (Wildman–Crippen MR) is 56.3 cm³/mol. The monoisotopic (exact) mass is 190 g/mol. The van der Waals surface area contributed by atoms with E-state index in [4.69, 9.17) is 5.11 Å². The summed E-state index contributed by atoms with van der Waals surface area (Å²) in [5, 5.41) is 11.8. The van der Waals surface area contributed by atoms with Crippen LogP contribution in [-0.2, 0) is 0 Å². The molecular formula is C11H10OS. The summed E-state index contributed by atoms with van der Waals surface area (Å²) in [5.74, 6) is 2.63. The molecule has 1 aromatic carbocycles. The van der Waals surface area contributed by atoms with Crippen molar-refractivity contribution in [2.24, 2.45) is 0 Å². The second kappa shape index (κ2) is 5.47. The average Bonchev–Trinajstić information content (AvgIpc) is 2.19. The van der Waals surface area contributed by atoms with Gasteiger partial charge in [-0.15, -0.1) is 0 Å². The minimum atomic E-state index is -0.726. The topological polar surface area (TPSA) is 20.2 Å². The van der Waals surface area contributed by atoms with Crippen molar-refractivity contribution in [2.45, 2.75) is 11.0 Å². The van der Waals surface area contributed by atoms with Gasteiger partial charge in [0, 0.05) is 4.90 Å². The fourth-order valence-electron chi connectivity index (χ4n) is 0.696. The highest BCUT2D eigenvalue weighted by Crippen LogP contribution is 2.14. The van der Waals surface area contributed by atoms with Gasteiger partial charge in [0.2, 0.25) is 0 Å². The van der Waals surface area contributed by atoms with Gasteiger partial charge in [-0.3, -0.25) is 0 Å². The quantitative estimate of drug-likeness (QED) is 0.438. The molecule has 1 atom stereocenters. The minimum absolute atomic E-state index is 0.726. The van der Waals surface area contributed by atoms with Crippen LogP contribution in [0.4, 0.5) is 0 Å². The second-order valence-electron chi connectivity index (χ2n) is 2.34. The van der Waals surface area contributed by atoms with Crippen molar-refractivity contribution >= 4 is 11.8 Å². The molecule has 0 heterocycles. The first-order valence-electron chi connectivity index (χ1n) is 3.86. The summed E-state index contributed by atoms with van der Waals surface area (Å²) in [7, 11) is 0. The Morgan fingerprint density at radius 2 is 2.08 bits per heavy atom. The normalized spacial score (nSPS) is 11.2. The summed E-state index contributed by atoms with van der Waals surface area (Å²) in [5.41, 5.74) is 0. The molecule has 0 amide bonds. The van der Waals surface area contributed by atoms with Crippen LogP contribution in [0.1, 0.15) is 0 Å². The van der Waals surface area contributed by atoms with Crippen LogP contribution >= 0.6 is 11.8 Å². The fourth-order valence-corrected chi connectivity index (χ4v) is 1.29. The molecule has 1 nitrogen and oxygen atoms in total. The van der Waals surface area contributed by atoms with E-state index in [0.29, 0.717) is 0 Å². The molecule has 0 aliphatic heterocycles. The molecule has 0 spiro atoms. The molecule has 0 saturated heterocycles. The van der Waals surface area contributed by atoms with Gasteiger partial charge >= 0.3 is 0 Å². The number of hydrogen-bond acceptors (Lipinski definition) is 2. The maximum absolute atomic E-state index is 9.03. The molecule has 0 fully saturated rings. The van der Waals surface area contributed by atoms with Gasteiger partial charge in [0.25, 0.3) is 0 Å². The van der Waals surface area contributed by atoms with E-state index in [0.717, 1.165) is 4.90 Å². The highest BCUT2D eigenvalue weighted by molar-refractivity contribution is 8.03. The Kier molecular flexibility index (Phi) is 4.17. The van der Waals surface area contributed by atoms with Crippen LogP contribution in [0.2, 0.25) is 0 Å². The van der Waals surface area contributed by atoms with Gasteiger partial charge in [-0.1, -0.05) is 36.8 Å². The molecule has 1 aromatic rings. The molecule has 0 aliphatic rings. The first-order valence-corrected chi connectivity index (χ1v) is 4.67. The van der Waals surface area contributed by atoms with Crippen LogP contribution in [0.15, 0.2) is 47.9 Å². The molecule has 66 valence electrons. The van der Waals surface area contributed by atoms with Crippen molar-refractivity contribution in [3.05, 3.63) is 43.0 Å². The Labute approximate surface area is 82.5 Å². The highest BCUT2D eigenvalue weighted by atomic mass is 32.2. The van der Waals surface area contributed by atoms with Gasteiger partial charge in [0.05, 0.1) is 0 Å². The molecule has 13 heavy (non-hydrogen) atoms. The first kappa shape index (κ1) is 9.91. The Balaban J connectivity index is 2.50. The van der Waals surface area contributed by atoms with Crippen molar-refractivity contribution in [3.63, 3.8) is 0 Å². The largest absolute Gasteiger partial charge is 0.377 e. The van der Waals surface area contributed by atoms with Crippen molar-refractivity contribution in [1.29, 1.82) is 0 Å². The van der Waals surface area contributed by atoms with Crippen LogP contribution in [0.25, 0.3) is 0 Å². The van der Waals surface area contributed by atoms with Gasteiger partial charge in [0.1, 0.15) is 6.10 Å².